The van der Waals surface area contributed by atoms with Crippen LogP contribution in [0.5, 0.6) is 0 Å². The predicted octanol–water partition coefficient (Wildman–Crippen LogP) is 3.69. The standard InChI is InChI=1S/C14H22F3NO3/c1-9-6-5-7-10(8-11(19)14(15,16)17)18(9)12(20)21-13(2,3)4/h9-10H,5-8H2,1-4H3. The van der Waals surface area contributed by atoms with E-state index in [0.29, 0.717) is 19.3 Å². The van der Waals surface area contributed by atoms with Crippen LogP contribution in [0.15, 0.2) is 0 Å². The first-order valence-electron chi connectivity index (χ1n) is 7.03. The third-order valence-electron chi connectivity index (χ3n) is 3.37. The molecule has 1 fully saturated rings. The number of Topliss-reactive ketones (excluding diaryl/α,β-unsaturated/α-hetero) is 1. The molecule has 1 heterocycles. The monoisotopic (exact) mass is 309 g/mol. The summed E-state index contributed by atoms with van der Waals surface area (Å²) in [6.45, 7) is 6.83. The van der Waals surface area contributed by atoms with Gasteiger partial charge in [-0.1, -0.05) is 0 Å². The maximum atomic E-state index is 12.4. The molecule has 0 aromatic carbocycles. The average molecular weight is 309 g/mol. The van der Waals surface area contributed by atoms with Gasteiger partial charge in [-0.2, -0.15) is 13.2 Å². The minimum absolute atomic E-state index is 0.236. The van der Waals surface area contributed by atoms with Crippen molar-refractivity contribution in [2.45, 2.75) is 77.2 Å². The quantitative estimate of drug-likeness (QED) is 0.781. The van der Waals surface area contributed by atoms with Crippen LogP contribution < -0.4 is 0 Å². The van der Waals surface area contributed by atoms with Crippen molar-refractivity contribution in [1.82, 2.24) is 4.90 Å². The second-order valence-electron chi connectivity index (χ2n) is 6.45. The van der Waals surface area contributed by atoms with Gasteiger partial charge in [0.1, 0.15) is 5.60 Å². The van der Waals surface area contributed by atoms with E-state index >= 15 is 0 Å². The van der Waals surface area contributed by atoms with Crippen molar-refractivity contribution in [3.8, 4) is 0 Å². The van der Waals surface area contributed by atoms with Gasteiger partial charge < -0.3 is 9.64 Å². The largest absolute Gasteiger partial charge is 0.450 e. The number of nitrogens with zero attached hydrogens (tertiary/aromatic N) is 1. The Morgan fingerprint density at radius 2 is 1.76 bits per heavy atom. The molecule has 1 aliphatic heterocycles. The maximum Gasteiger partial charge on any atom is 0.450 e. The molecule has 1 amide bonds. The summed E-state index contributed by atoms with van der Waals surface area (Å²) >= 11 is 0. The molecule has 2 unspecified atom stereocenters. The number of alkyl halides is 3. The summed E-state index contributed by atoms with van der Waals surface area (Å²) in [6.07, 6.45) is -4.46. The molecule has 0 aromatic rings. The van der Waals surface area contributed by atoms with E-state index < -0.39 is 36.1 Å². The van der Waals surface area contributed by atoms with Crippen LogP contribution in [0.1, 0.15) is 53.4 Å². The molecule has 0 saturated carbocycles. The number of likely N-dealkylation sites (tertiary alicyclic amines) is 1. The molecule has 122 valence electrons. The minimum atomic E-state index is -4.86. The third kappa shape index (κ3) is 5.21. The van der Waals surface area contributed by atoms with Gasteiger partial charge in [0.25, 0.3) is 0 Å². The lowest BCUT2D eigenvalue weighted by atomic mass is 9.93. The van der Waals surface area contributed by atoms with E-state index in [1.54, 1.807) is 27.7 Å². The first-order valence-corrected chi connectivity index (χ1v) is 7.03. The Kier molecular flexibility index (Phi) is 5.28. The smallest absolute Gasteiger partial charge is 0.444 e. The topological polar surface area (TPSA) is 46.6 Å². The number of amides is 1. The lowest BCUT2D eigenvalue weighted by Crippen LogP contribution is -2.52. The van der Waals surface area contributed by atoms with Crippen LogP contribution in [0, 0.1) is 0 Å². The summed E-state index contributed by atoms with van der Waals surface area (Å²) in [7, 11) is 0. The van der Waals surface area contributed by atoms with Crippen molar-refractivity contribution in [1.29, 1.82) is 0 Å². The molecule has 4 nitrogen and oxygen atoms in total. The van der Waals surface area contributed by atoms with Gasteiger partial charge in [-0.05, 0) is 47.0 Å². The number of carbonyl (C=O) groups is 2. The molecule has 7 heteroatoms. The number of rotatable bonds is 2. The molecule has 0 spiro atoms. The highest BCUT2D eigenvalue weighted by Crippen LogP contribution is 2.29. The van der Waals surface area contributed by atoms with Gasteiger partial charge >= 0.3 is 12.3 Å². The average Bonchev–Trinajstić information content (AvgIpc) is 2.24. The van der Waals surface area contributed by atoms with E-state index in [1.807, 2.05) is 0 Å². The van der Waals surface area contributed by atoms with Crippen LogP contribution in [0.4, 0.5) is 18.0 Å². The molecule has 0 N–H and O–H groups in total. The van der Waals surface area contributed by atoms with Crippen molar-refractivity contribution in [3.05, 3.63) is 0 Å². The molecule has 21 heavy (non-hydrogen) atoms. The molecule has 1 saturated heterocycles. The van der Waals surface area contributed by atoms with Crippen LogP contribution in [0.2, 0.25) is 0 Å². The minimum Gasteiger partial charge on any atom is -0.444 e. The van der Waals surface area contributed by atoms with E-state index in [1.165, 1.54) is 4.90 Å². The van der Waals surface area contributed by atoms with E-state index in [9.17, 15) is 22.8 Å². The highest BCUT2D eigenvalue weighted by atomic mass is 19.4. The molecule has 0 aliphatic carbocycles. The van der Waals surface area contributed by atoms with Crippen molar-refractivity contribution < 1.29 is 27.5 Å². The first kappa shape index (κ1) is 17.8. The third-order valence-corrected chi connectivity index (χ3v) is 3.37. The fourth-order valence-electron chi connectivity index (χ4n) is 2.46. The summed E-state index contributed by atoms with van der Waals surface area (Å²) in [4.78, 5) is 24.7. The molecular weight excluding hydrogens is 287 g/mol. The Balaban J connectivity index is 2.84. The van der Waals surface area contributed by atoms with Crippen LogP contribution in [-0.2, 0) is 9.53 Å². The normalized spacial score (nSPS) is 23.9. The summed E-state index contributed by atoms with van der Waals surface area (Å²) in [5, 5.41) is 0. The lowest BCUT2D eigenvalue weighted by molar-refractivity contribution is -0.172. The van der Waals surface area contributed by atoms with E-state index in [2.05, 4.69) is 0 Å². The van der Waals surface area contributed by atoms with Crippen molar-refractivity contribution in [2.75, 3.05) is 0 Å². The molecule has 0 bridgehead atoms. The molecule has 1 rings (SSSR count). The van der Waals surface area contributed by atoms with Gasteiger partial charge in [0.05, 0.1) is 0 Å². The maximum absolute atomic E-state index is 12.4. The fourth-order valence-corrected chi connectivity index (χ4v) is 2.46. The van der Waals surface area contributed by atoms with Crippen molar-refractivity contribution in [3.63, 3.8) is 0 Å². The number of halogens is 3. The Morgan fingerprint density at radius 1 is 1.19 bits per heavy atom. The second kappa shape index (κ2) is 6.23. The molecular formula is C14H22F3NO3. The summed E-state index contributed by atoms with van der Waals surface area (Å²) < 4.78 is 42.5. The molecule has 1 aliphatic rings. The van der Waals surface area contributed by atoms with Gasteiger partial charge in [-0.25, -0.2) is 4.79 Å². The van der Waals surface area contributed by atoms with E-state index in [4.69, 9.17) is 4.74 Å². The Hall–Kier alpha value is -1.27. The van der Waals surface area contributed by atoms with Gasteiger partial charge in [0, 0.05) is 18.5 Å². The number of hydrogen-bond acceptors (Lipinski definition) is 3. The lowest BCUT2D eigenvalue weighted by Gasteiger charge is -2.41. The number of ketones is 1. The second-order valence-corrected chi connectivity index (χ2v) is 6.45. The summed E-state index contributed by atoms with van der Waals surface area (Å²) in [6, 6.07) is -0.989. The van der Waals surface area contributed by atoms with Gasteiger partial charge in [-0.3, -0.25) is 4.79 Å². The van der Waals surface area contributed by atoms with E-state index in [0.717, 1.165) is 0 Å². The van der Waals surface area contributed by atoms with Crippen molar-refractivity contribution in [2.24, 2.45) is 0 Å². The zero-order chi connectivity index (χ0) is 16.4. The van der Waals surface area contributed by atoms with E-state index in [-0.39, 0.29) is 6.04 Å². The van der Waals surface area contributed by atoms with Gasteiger partial charge in [0.2, 0.25) is 5.78 Å². The van der Waals surface area contributed by atoms with Gasteiger partial charge in [-0.15, -0.1) is 0 Å². The molecule has 0 radical (unpaired) electrons. The Morgan fingerprint density at radius 3 is 2.24 bits per heavy atom. The van der Waals surface area contributed by atoms with Crippen LogP contribution >= 0.6 is 0 Å². The Bertz CT molecular complexity index is 401. The number of ether oxygens (including phenoxy) is 1. The summed E-state index contributed by atoms with van der Waals surface area (Å²) in [5.74, 6) is -1.80. The zero-order valence-electron chi connectivity index (χ0n) is 12.8. The number of hydrogen-bond donors (Lipinski definition) is 0. The highest BCUT2D eigenvalue weighted by molar-refractivity contribution is 5.85. The fraction of sp³-hybridized carbons (Fsp3) is 0.857. The van der Waals surface area contributed by atoms with Crippen molar-refractivity contribution >= 4 is 11.9 Å². The van der Waals surface area contributed by atoms with Gasteiger partial charge in [0.15, 0.2) is 0 Å². The van der Waals surface area contributed by atoms with Crippen LogP contribution in [-0.4, -0.2) is 40.6 Å². The number of piperidine rings is 1. The zero-order valence-corrected chi connectivity index (χ0v) is 12.8. The molecule has 0 aromatic heterocycles. The molecule has 2 atom stereocenters. The number of carbonyl (C=O) groups excluding carboxylic acids is 2. The first-order chi connectivity index (χ1) is 9.42. The summed E-state index contributed by atoms with van der Waals surface area (Å²) in [5.41, 5.74) is -0.729. The Labute approximate surface area is 122 Å². The van der Waals surface area contributed by atoms with Crippen LogP contribution in [0.25, 0.3) is 0 Å². The van der Waals surface area contributed by atoms with Crippen LogP contribution in [0.3, 0.4) is 0 Å². The predicted molar refractivity (Wildman–Crippen MR) is 70.9 cm³/mol. The highest BCUT2D eigenvalue weighted by Gasteiger charge is 2.43. The SMILES string of the molecule is CC1CCCC(CC(=O)C(F)(F)F)N1C(=O)OC(C)(C)C.